The Balaban J connectivity index is 1.35. The molecule has 0 unspecified atom stereocenters. The second-order valence-corrected chi connectivity index (χ2v) is 6.67. The lowest BCUT2D eigenvalue weighted by atomic mass is 10.2. The molecule has 1 amide bonds. The Kier molecular flexibility index (Phi) is 5.13. The Morgan fingerprint density at radius 2 is 1.81 bits per heavy atom. The number of halogens is 1. The van der Waals surface area contributed by atoms with Gasteiger partial charge < -0.3 is 9.32 Å². The van der Waals surface area contributed by atoms with Gasteiger partial charge in [0.25, 0.3) is 5.91 Å². The standard InChI is InChI=1S/C19H18ClN5O2/c20-15-6-2-1-5-14(15)18-23-22-17(27-18)13-24-9-11-25(12-10-24)19(26)16-7-3-4-8-21-16/h1-8H,9-13H2. The van der Waals surface area contributed by atoms with E-state index in [9.17, 15) is 4.79 Å². The molecule has 1 fully saturated rings. The minimum absolute atomic E-state index is 0.0333. The van der Waals surface area contributed by atoms with Crippen molar-refractivity contribution in [3.63, 3.8) is 0 Å². The highest BCUT2D eigenvalue weighted by atomic mass is 35.5. The number of aromatic nitrogens is 3. The lowest BCUT2D eigenvalue weighted by Crippen LogP contribution is -2.48. The number of carbonyl (C=O) groups excluding carboxylic acids is 1. The van der Waals surface area contributed by atoms with Crippen molar-refractivity contribution in [1.29, 1.82) is 0 Å². The van der Waals surface area contributed by atoms with Crippen LogP contribution in [0.1, 0.15) is 16.4 Å². The molecule has 4 rings (SSSR count). The monoisotopic (exact) mass is 383 g/mol. The molecule has 1 aliphatic heterocycles. The van der Waals surface area contributed by atoms with Crippen molar-refractivity contribution in [2.45, 2.75) is 6.54 Å². The first kappa shape index (κ1) is 17.6. The van der Waals surface area contributed by atoms with E-state index in [0.29, 0.717) is 42.1 Å². The molecule has 0 aliphatic carbocycles. The number of hydrogen-bond donors (Lipinski definition) is 0. The summed E-state index contributed by atoms with van der Waals surface area (Å²) in [5.41, 5.74) is 1.20. The molecule has 3 heterocycles. The molecule has 8 heteroatoms. The fraction of sp³-hybridized carbons (Fsp3) is 0.263. The third-order valence-electron chi connectivity index (χ3n) is 4.47. The Labute approximate surface area is 161 Å². The molecule has 27 heavy (non-hydrogen) atoms. The molecule has 0 spiro atoms. The van der Waals surface area contributed by atoms with Crippen molar-refractivity contribution in [1.82, 2.24) is 25.0 Å². The first-order valence-corrected chi connectivity index (χ1v) is 9.08. The molecule has 2 aromatic heterocycles. The Morgan fingerprint density at radius 3 is 2.56 bits per heavy atom. The van der Waals surface area contributed by atoms with Crippen LogP contribution in [0.15, 0.2) is 53.1 Å². The average molecular weight is 384 g/mol. The molecule has 1 saturated heterocycles. The Bertz CT molecular complexity index is 923. The van der Waals surface area contributed by atoms with Crippen molar-refractivity contribution in [2.24, 2.45) is 0 Å². The number of amides is 1. The number of carbonyl (C=O) groups is 1. The van der Waals surface area contributed by atoms with Gasteiger partial charge in [0.15, 0.2) is 0 Å². The number of rotatable bonds is 4. The zero-order chi connectivity index (χ0) is 18.6. The van der Waals surface area contributed by atoms with Gasteiger partial charge in [0.05, 0.1) is 17.1 Å². The predicted octanol–water partition coefficient (Wildman–Crippen LogP) is 2.74. The fourth-order valence-corrected chi connectivity index (χ4v) is 3.23. The summed E-state index contributed by atoms with van der Waals surface area (Å²) in [5.74, 6) is 0.919. The minimum Gasteiger partial charge on any atom is -0.419 e. The lowest BCUT2D eigenvalue weighted by Gasteiger charge is -2.33. The van der Waals surface area contributed by atoms with E-state index in [4.69, 9.17) is 16.0 Å². The van der Waals surface area contributed by atoms with Gasteiger partial charge in [-0.3, -0.25) is 14.7 Å². The minimum atomic E-state index is -0.0333. The zero-order valence-electron chi connectivity index (χ0n) is 14.6. The van der Waals surface area contributed by atoms with E-state index in [0.717, 1.165) is 18.7 Å². The topological polar surface area (TPSA) is 75.4 Å². The maximum absolute atomic E-state index is 12.4. The van der Waals surface area contributed by atoms with Crippen molar-refractivity contribution in [3.8, 4) is 11.5 Å². The molecule has 0 N–H and O–H groups in total. The number of piperazine rings is 1. The summed E-state index contributed by atoms with van der Waals surface area (Å²) < 4.78 is 5.76. The third-order valence-corrected chi connectivity index (χ3v) is 4.80. The first-order chi connectivity index (χ1) is 13.2. The molecule has 0 saturated carbocycles. The normalized spacial score (nSPS) is 15.1. The molecule has 138 valence electrons. The van der Waals surface area contributed by atoms with Crippen LogP contribution in [0.5, 0.6) is 0 Å². The molecule has 3 aromatic rings. The molecule has 1 aromatic carbocycles. The van der Waals surface area contributed by atoms with Crippen LogP contribution >= 0.6 is 11.6 Å². The molecular formula is C19H18ClN5O2. The van der Waals surface area contributed by atoms with Gasteiger partial charge in [-0.05, 0) is 24.3 Å². The lowest BCUT2D eigenvalue weighted by molar-refractivity contribution is 0.0612. The summed E-state index contributed by atoms with van der Waals surface area (Å²) in [4.78, 5) is 20.6. The van der Waals surface area contributed by atoms with Gasteiger partial charge in [-0.2, -0.15) is 0 Å². The molecular weight excluding hydrogens is 366 g/mol. The highest BCUT2D eigenvalue weighted by molar-refractivity contribution is 6.33. The summed E-state index contributed by atoms with van der Waals surface area (Å²) in [6.45, 7) is 3.30. The smallest absolute Gasteiger partial charge is 0.272 e. The number of benzene rings is 1. The van der Waals surface area contributed by atoms with E-state index in [1.807, 2.05) is 29.2 Å². The van der Waals surface area contributed by atoms with Gasteiger partial charge in [-0.15, -0.1) is 10.2 Å². The van der Waals surface area contributed by atoms with Crippen molar-refractivity contribution < 1.29 is 9.21 Å². The van der Waals surface area contributed by atoms with Crippen LogP contribution in [-0.4, -0.2) is 57.1 Å². The number of hydrogen-bond acceptors (Lipinski definition) is 6. The maximum Gasteiger partial charge on any atom is 0.272 e. The van der Waals surface area contributed by atoms with Gasteiger partial charge in [0.2, 0.25) is 11.8 Å². The summed E-state index contributed by atoms with van der Waals surface area (Å²) in [5, 5.41) is 8.80. The third kappa shape index (κ3) is 3.99. The van der Waals surface area contributed by atoms with E-state index in [1.54, 1.807) is 24.4 Å². The Morgan fingerprint density at radius 1 is 1.04 bits per heavy atom. The number of pyridine rings is 1. The molecule has 1 aliphatic rings. The van der Waals surface area contributed by atoms with Crippen LogP contribution in [0.4, 0.5) is 0 Å². The van der Waals surface area contributed by atoms with E-state index < -0.39 is 0 Å². The predicted molar refractivity (Wildman–Crippen MR) is 100 cm³/mol. The molecule has 0 atom stereocenters. The van der Waals surface area contributed by atoms with Gasteiger partial charge >= 0.3 is 0 Å². The van der Waals surface area contributed by atoms with Crippen molar-refractivity contribution in [3.05, 3.63) is 65.3 Å². The zero-order valence-corrected chi connectivity index (χ0v) is 15.3. The summed E-state index contributed by atoms with van der Waals surface area (Å²) in [6.07, 6.45) is 1.63. The summed E-state index contributed by atoms with van der Waals surface area (Å²) in [7, 11) is 0. The Hall–Kier alpha value is -2.77. The first-order valence-electron chi connectivity index (χ1n) is 8.70. The number of nitrogens with zero attached hydrogens (tertiary/aromatic N) is 5. The second kappa shape index (κ2) is 7.85. The van der Waals surface area contributed by atoms with Crippen LogP contribution < -0.4 is 0 Å². The van der Waals surface area contributed by atoms with Crippen molar-refractivity contribution in [2.75, 3.05) is 26.2 Å². The van der Waals surface area contributed by atoms with Gasteiger partial charge in [0, 0.05) is 32.4 Å². The average Bonchev–Trinajstić information content (AvgIpc) is 3.17. The van der Waals surface area contributed by atoms with Crippen molar-refractivity contribution >= 4 is 17.5 Å². The van der Waals surface area contributed by atoms with Gasteiger partial charge in [-0.25, -0.2) is 0 Å². The van der Waals surface area contributed by atoms with Crippen LogP contribution in [0.2, 0.25) is 5.02 Å². The highest BCUT2D eigenvalue weighted by Gasteiger charge is 2.24. The highest BCUT2D eigenvalue weighted by Crippen LogP contribution is 2.26. The summed E-state index contributed by atoms with van der Waals surface area (Å²) in [6, 6.07) is 12.7. The largest absolute Gasteiger partial charge is 0.419 e. The van der Waals surface area contributed by atoms with Crippen LogP contribution in [-0.2, 0) is 6.54 Å². The summed E-state index contributed by atoms with van der Waals surface area (Å²) >= 11 is 6.18. The van der Waals surface area contributed by atoms with Crippen LogP contribution in [0.25, 0.3) is 11.5 Å². The fourth-order valence-electron chi connectivity index (χ4n) is 3.01. The van der Waals surface area contributed by atoms with Gasteiger partial charge in [-0.1, -0.05) is 29.8 Å². The molecule has 0 bridgehead atoms. The quantitative estimate of drug-likeness (QED) is 0.689. The van der Waals surface area contributed by atoms with Crippen LogP contribution in [0, 0.1) is 0 Å². The van der Waals surface area contributed by atoms with Crippen LogP contribution in [0.3, 0.4) is 0 Å². The van der Waals surface area contributed by atoms with E-state index in [-0.39, 0.29) is 5.91 Å². The second-order valence-electron chi connectivity index (χ2n) is 6.26. The van der Waals surface area contributed by atoms with Gasteiger partial charge in [0.1, 0.15) is 5.69 Å². The van der Waals surface area contributed by atoms with E-state index >= 15 is 0 Å². The molecule has 7 nitrogen and oxygen atoms in total. The van der Waals surface area contributed by atoms with E-state index in [1.165, 1.54) is 0 Å². The maximum atomic E-state index is 12.4. The van der Waals surface area contributed by atoms with E-state index in [2.05, 4.69) is 20.1 Å². The molecule has 0 radical (unpaired) electrons. The SMILES string of the molecule is O=C(c1ccccn1)N1CCN(Cc2nnc(-c3ccccc3Cl)o2)CC1.